The Morgan fingerprint density at radius 2 is 1.84 bits per heavy atom. The number of nitrogen functional groups attached to an aromatic ring is 1. The maximum atomic E-state index is 13.3. The van der Waals surface area contributed by atoms with Gasteiger partial charge in [0.2, 0.25) is 11.5 Å². The molecule has 1 aromatic carbocycles. The molecule has 4 aromatic rings. The summed E-state index contributed by atoms with van der Waals surface area (Å²) in [6, 6.07) is 14.6. The van der Waals surface area contributed by atoms with Crippen molar-refractivity contribution in [1.29, 1.82) is 0 Å². The fourth-order valence-corrected chi connectivity index (χ4v) is 3.82. The highest BCUT2D eigenvalue weighted by atomic mass is 16.2. The molecule has 0 fully saturated rings. The normalized spacial score (nSPS) is 12.4. The number of amides is 1. The van der Waals surface area contributed by atoms with Gasteiger partial charge in [0.05, 0.1) is 12.1 Å². The summed E-state index contributed by atoms with van der Waals surface area (Å²) >= 11 is 0. The minimum atomic E-state index is -0.334. The topological polar surface area (TPSA) is 93.4 Å². The summed E-state index contributed by atoms with van der Waals surface area (Å²) in [5, 5.41) is 3.34. The summed E-state index contributed by atoms with van der Waals surface area (Å²) < 4.78 is 3.26. The van der Waals surface area contributed by atoms with Crippen LogP contribution >= 0.6 is 0 Å². The third-order valence-corrected chi connectivity index (χ3v) is 5.45. The highest BCUT2D eigenvalue weighted by molar-refractivity contribution is 6.00. The number of anilines is 1. The number of pyridine rings is 2. The quantitative estimate of drug-likeness (QED) is 0.395. The molecule has 0 bridgehead atoms. The molecule has 1 amide bonds. The standard InChI is InChI=1S/C24H25N5O2/c1-14(2)29-21(25)18(23(30)26-16(4)17-8-6-5-7-9-17)12-19-22(29)27-20-11-10-15(3)13-28(20)24(19)31/h5-14,16,25H,1-4H3,(H,26,30)/p+1/t16-/m0/s1. The molecular formula is C24H26N5O2+. The van der Waals surface area contributed by atoms with Gasteiger partial charge < -0.3 is 11.1 Å². The second-order valence-corrected chi connectivity index (χ2v) is 8.10. The van der Waals surface area contributed by atoms with Crippen LogP contribution in [-0.4, -0.2) is 15.3 Å². The Morgan fingerprint density at radius 1 is 1.13 bits per heavy atom. The minimum absolute atomic E-state index is 0.0957. The van der Waals surface area contributed by atoms with E-state index in [2.05, 4.69) is 10.3 Å². The molecule has 4 rings (SSSR count). The third-order valence-electron chi connectivity index (χ3n) is 5.45. The van der Waals surface area contributed by atoms with E-state index < -0.39 is 0 Å². The van der Waals surface area contributed by atoms with E-state index in [0.717, 1.165) is 11.1 Å². The number of benzene rings is 1. The number of carbonyl (C=O) groups is 1. The van der Waals surface area contributed by atoms with E-state index in [1.54, 1.807) is 22.9 Å². The second kappa shape index (κ2) is 7.83. The number of hydrogen-bond acceptors (Lipinski definition) is 4. The molecule has 158 valence electrons. The van der Waals surface area contributed by atoms with Crippen LogP contribution in [0, 0.1) is 6.92 Å². The van der Waals surface area contributed by atoms with E-state index >= 15 is 0 Å². The van der Waals surface area contributed by atoms with Gasteiger partial charge in [-0.15, -0.1) is 0 Å². The lowest BCUT2D eigenvalue weighted by Gasteiger charge is -2.17. The van der Waals surface area contributed by atoms with Gasteiger partial charge in [-0.1, -0.05) is 41.4 Å². The van der Waals surface area contributed by atoms with Crippen molar-refractivity contribution < 1.29 is 9.36 Å². The Bertz CT molecular complexity index is 1360. The molecule has 3 heterocycles. The first-order valence-corrected chi connectivity index (χ1v) is 10.3. The van der Waals surface area contributed by atoms with Crippen LogP contribution in [0.4, 0.5) is 5.82 Å². The first kappa shape index (κ1) is 20.5. The van der Waals surface area contributed by atoms with Gasteiger partial charge in [0.1, 0.15) is 10.9 Å². The predicted octanol–water partition coefficient (Wildman–Crippen LogP) is 3.10. The number of nitrogens with one attached hydrogen (secondary N) is 1. The maximum absolute atomic E-state index is 13.3. The number of nitrogens with two attached hydrogens (primary N) is 1. The first-order chi connectivity index (χ1) is 14.8. The number of aryl methyl sites for hydroxylation is 1. The van der Waals surface area contributed by atoms with Crippen molar-refractivity contribution in [1.82, 2.24) is 14.7 Å². The molecule has 0 saturated heterocycles. The Morgan fingerprint density at radius 3 is 2.52 bits per heavy atom. The smallest absolute Gasteiger partial charge is 0.278 e. The summed E-state index contributed by atoms with van der Waals surface area (Å²) in [4.78, 5) is 31.1. The molecular weight excluding hydrogens is 390 g/mol. The molecule has 7 heteroatoms. The van der Waals surface area contributed by atoms with Crippen molar-refractivity contribution in [3.63, 3.8) is 0 Å². The second-order valence-electron chi connectivity index (χ2n) is 8.10. The van der Waals surface area contributed by atoms with Crippen molar-refractivity contribution in [3.8, 4) is 0 Å². The fraction of sp³-hybridized carbons (Fsp3) is 0.250. The molecule has 0 unspecified atom stereocenters. The van der Waals surface area contributed by atoms with E-state index in [1.165, 1.54) is 4.40 Å². The summed E-state index contributed by atoms with van der Waals surface area (Å²) in [5.74, 6) is -0.0532. The SMILES string of the molecule is Cc1ccc2nc3c(cc(C(=O)N[C@@H](C)c4ccccc4)c(N)[n+]3C(C)C)c(=O)n2c1. The first-order valence-electron chi connectivity index (χ1n) is 10.3. The van der Waals surface area contributed by atoms with Crippen molar-refractivity contribution in [2.75, 3.05) is 5.73 Å². The number of nitrogens with zero attached hydrogens (tertiary/aromatic N) is 3. The monoisotopic (exact) mass is 416 g/mol. The third kappa shape index (κ3) is 3.63. The highest BCUT2D eigenvalue weighted by Gasteiger charge is 2.26. The molecule has 0 aliphatic heterocycles. The largest absolute Gasteiger partial charge is 0.345 e. The molecule has 0 aliphatic carbocycles. The van der Waals surface area contributed by atoms with E-state index in [4.69, 9.17) is 5.73 Å². The maximum Gasteiger partial charge on any atom is 0.278 e. The van der Waals surface area contributed by atoms with Crippen LogP contribution in [0.2, 0.25) is 0 Å². The van der Waals surface area contributed by atoms with Crippen LogP contribution in [0.15, 0.2) is 59.5 Å². The van der Waals surface area contributed by atoms with Crippen LogP contribution in [-0.2, 0) is 0 Å². The van der Waals surface area contributed by atoms with Crippen LogP contribution in [0.3, 0.4) is 0 Å². The molecule has 0 aliphatic rings. The molecule has 0 saturated carbocycles. The highest BCUT2D eigenvalue weighted by Crippen LogP contribution is 2.19. The zero-order valence-corrected chi connectivity index (χ0v) is 18.1. The molecule has 7 nitrogen and oxygen atoms in total. The van der Waals surface area contributed by atoms with Crippen molar-refractivity contribution >= 4 is 28.4 Å². The lowest BCUT2D eigenvalue weighted by molar-refractivity contribution is -0.679. The van der Waals surface area contributed by atoms with Gasteiger partial charge in [0.15, 0.2) is 0 Å². The number of fused-ring (bicyclic) bond motifs is 2. The molecule has 0 radical (unpaired) electrons. The van der Waals surface area contributed by atoms with E-state index in [1.807, 2.05) is 64.1 Å². The molecule has 0 spiro atoms. The average molecular weight is 417 g/mol. The molecule has 1 atom stereocenters. The van der Waals surface area contributed by atoms with Crippen molar-refractivity contribution in [2.24, 2.45) is 0 Å². The van der Waals surface area contributed by atoms with E-state index in [0.29, 0.717) is 16.7 Å². The predicted molar refractivity (Wildman–Crippen MR) is 121 cm³/mol. The Labute approximate surface area is 180 Å². The van der Waals surface area contributed by atoms with Crippen molar-refractivity contribution in [2.45, 2.75) is 39.8 Å². The number of rotatable bonds is 4. The zero-order valence-electron chi connectivity index (χ0n) is 18.1. The Balaban J connectivity index is 1.90. The van der Waals surface area contributed by atoms with Gasteiger partial charge in [-0.25, -0.2) is 4.57 Å². The summed E-state index contributed by atoms with van der Waals surface area (Å²) in [6.07, 6.45) is 1.75. The van der Waals surface area contributed by atoms with Gasteiger partial charge in [-0.05, 0) is 51.0 Å². The fourth-order valence-electron chi connectivity index (χ4n) is 3.82. The number of hydrogen-bond donors (Lipinski definition) is 2. The minimum Gasteiger partial charge on any atom is -0.345 e. The summed E-state index contributed by atoms with van der Waals surface area (Å²) in [5.41, 5.74) is 9.39. The van der Waals surface area contributed by atoms with Crippen LogP contribution in [0.25, 0.3) is 16.7 Å². The van der Waals surface area contributed by atoms with Gasteiger partial charge in [-0.3, -0.25) is 14.0 Å². The Hall–Kier alpha value is -3.74. The van der Waals surface area contributed by atoms with Gasteiger partial charge in [0.25, 0.3) is 17.1 Å². The van der Waals surface area contributed by atoms with Crippen LogP contribution in [0.1, 0.15) is 54.3 Å². The molecule has 3 aromatic heterocycles. The average Bonchev–Trinajstić information content (AvgIpc) is 2.74. The van der Waals surface area contributed by atoms with Crippen molar-refractivity contribution in [3.05, 3.63) is 81.8 Å². The lowest BCUT2D eigenvalue weighted by Crippen LogP contribution is -2.44. The van der Waals surface area contributed by atoms with E-state index in [-0.39, 0.29) is 34.9 Å². The molecule has 31 heavy (non-hydrogen) atoms. The number of carbonyl (C=O) groups excluding carboxylic acids is 1. The zero-order chi connectivity index (χ0) is 22.3. The molecule has 3 N–H and O–H groups in total. The van der Waals surface area contributed by atoms with E-state index in [9.17, 15) is 9.59 Å². The Kier molecular flexibility index (Phi) is 5.19. The van der Waals surface area contributed by atoms with Gasteiger partial charge in [0, 0.05) is 6.20 Å². The van der Waals surface area contributed by atoms with Gasteiger partial charge >= 0.3 is 0 Å². The summed E-state index contributed by atoms with van der Waals surface area (Å²) in [7, 11) is 0. The summed E-state index contributed by atoms with van der Waals surface area (Å²) in [6.45, 7) is 7.72. The van der Waals surface area contributed by atoms with Crippen LogP contribution in [0.5, 0.6) is 0 Å². The van der Waals surface area contributed by atoms with Crippen LogP contribution < -0.4 is 21.2 Å². The lowest BCUT2D eigenvalue weighted by atomic mass is 10.1. The van der Waals surface area contributed by atoms with Gasteiger partial charge in [-0.2, -0.15) is 0 Å². The number of aromatic nitrogens is 3.